The molecular formula is C9H4BrF3N2OS2. The summed E-state index contributed by atoms with van der Waals surface area (Å²) in [5, 5.41) is 3.94. The highest BCUT2D eigenvalue weighted by molar-refractivity contribution is 9.11. The molecule has 1 N–H and O–H groups in total. The molecule has 2 aromatic rings. The summed E-state index contributed by atoms with van der Waals surface area (Å²) in [7, 11) is 0. The van der Waals surface area contributed by atoms with Crippen molar-refractivity contribution in [3.05, 3.63) is 31.9 Å². The lowest BCUT2D eigenvalue weighted by Crippen LogP contribution is -2.11. The summed E-state index contributed by atoms with van der Waals surface area (Å²) in [6.45, 7) is 0. The fourth-order valence-corrected chi connectivity index (χ4v) is 3.20. The number of thiazole rings is 1. The van der Waals surface area contributed by atoms with Crippen molar-refractivity contribution in [2.45, 2.75) is 6.18 Å². The van der Waals surface area contributed by atoms with E-state index in [0.717, 1.165) is 11.3 Å². The van der Waals surface area contributed by atoms with Gasteiger partial charge in [-0.15, -0.1) is 11.3 Å². The highest BCUT2D eigenvalue weighted by Gasteiger charge is 2.37. The van der Waals surface area contributed by atoms with E-state index in [0.29, 0.717) is 4.88 Å². The van der Waals surface area contributed by atoms with Crippen molar-refractivity contribution < 1.29 is 18.0 Å². The molecule has 0 unspecified atom stereocenters. The molecule has 2 aromatic heterocycles. The van der Waals surface area contributed by atoms with Crippen molar-refractivity contribution >= 4 is 49.6 Å². The average Bonchev–Trinajstić information content (AvgIpc) is 2.85. The topological polar surface area (TPSA) is 42.0 Å². The fraction of sp³-hybridized carbons (Fsp3) is 0.111. The van der Waals surface area contributed by atoms with Gasteiger partial charge in [0.25, 0.3) is 5.91 Å². The smallest absolute Gasteiger partial charge is 0.297 e. The van der Waals surface area contributed by atoms with Gasteiger partial charge >= 0.3 is 6.18 Å². The molecule has 0 aliphatic carbocycles. The number of anilines is 1. The van der Waals surface area contributed by atoms with E-state index in [1.807, 2.05) is 0 Å². The van der Waals surface area contributed by atoms with Gasteiger partial charge in [0.1, 0.15) is 3.79 Å². The Kier molecular flexibility index (Phi) is 3.74. The van der Waals surface area contributed by atoms with E-state index in [9.17, 15) is 18.0 Å². The molecule has 18 heavy (non-hydrogen) atoms. The van der Waals surface area contributed by atoms with E-state index in [4.69, 9.17) is 0 Å². The molecule has 9 heteroatoms. The Balaban J connectivity index is 2.19. The summed E-state index contributed by atoms with van der Waals surface area (Å²) in [4.78, 5) is 15.4. The maximum Gasteiger partial charge on any atom is 0.435 e. The van der Waals surface area contributed by atoms with Crippen LogP contribution in [-0.2, 0) is 6.18 Å². The van der Waals surface area contributed by atoms with Crippen LogP contribution in [0.5, 0.6) is 0 Å². The van der Waals surface area contributed by atoms with Crippen LogP contribution in [0, 0.1) is 0 Å². The van der Waals surface area contributed by atoms with Crippen molar-refractivity contribution in [1.29, 1.82) is 0 Å². The Labute approximate surface area is 116 Å². The second-order valence-electron chi connectivity index (χ2n) is 3.07. The first-order valence-corrected chi connectivity index (χ1v) is 6.95. The molecule has 0 bridgehead atoms. The van der Waals surface area contributed by atoms with E-state index in [1.165, 1.54) is 11.3 Å². The number of halogens is 4. The zero-order chi connectivity index (χ0) is 13.3. The van der Waals surface area contributed by atoms with Crippen molar-refractivity contribution in [2.75, 3.05) is 5.32 Å². The van der Waals surface area contributed by atoms with E-state index >= 15 is 0 Å². The van der Waals surface area contributed by atoms with Crippen molar-refractivity contribution in [2.24, 2.45) is 0 Å². The minimum atomic E-state index is -4.54. The van der Waals surface area contributed by atoms with E-state index < -0.39 is 17.8 Å². The van der Waals surface area contributed by atoms with Crippen LogP contribution < -0.4 is 5.32 Å². The van der Waals surface area contributed by atoms with Gasteiger partial charge in [0, 0.05) is 0 Å². The van der Waals surface area contributed by atoms with Crippen LogP contribution >= 0.6 is 38.6 Å². The van der Waals surface area contributed by atoms with Crippen LogP contribution in [0.25, 0.3) is 0 Å². The molecule has 0 aromatic carbocycles. The zero-order valence-corrected chi connectivity index (χ0v) is 11.6. The molecule has 2 heterocycles. The third-order valence-corrected chi connectivity index (χ3v) is 4.31. The summed E-state index contributed by atoms with van der Waals surface area (Å²) < 4.78 is 37.3. The summed E-state index contributed by atoms with van der Waals surface area (Å²) in [5.74, 6) is -0.472. The number of nitrogens with one attached hydrogen (secondary N) is 1. The molecule has 0 spiro atoms. The summed E-state index contributed by atoms with van der Waals surface area (Å²) in [6.07, 6.45) is -4.54. The normalized spacial score (nSPS) is 11.6. The predicted molar refractivity (Wildman–Crippen MR) is 67.1 cm³/mol. The third kappa shape index (κ3) is 2.90. The number of rotatable bonds is 2. The highest BCUT2D eigenvalue weighted by atomic mass is 79.9. The van der Waals surface area contributed by atoms with Gasteiger partial charge in [-0.25, -0.2) is 4.98 Å². The fourth-order valence-electron chi connectivity index (χ4n) is 1.10. The Morgan fingerprint density at radius 2 is 2.17 bits per heavy atom. The summed E-state index contributed by atoms with van der Waals surface area (Å²) in [5.41, 5.74) is -1.03. The van der Waals surface area contributed by atoms with Gasteiger partial charge in [0.05, 0.1) is 4.88 Å². The number of amides is 1. The van der Waals surface area contributed by atoms with Crippen LogP contribution in [-0.4, -0.2) is 10.9 Å². The molecule has 1 amide bonds. The number of hydrogen-bond acceptors (Lipinski definition) is 4. The summed E-state index contributed by atoms with van der Waals surface area (Å²) >= 11 is 4.70. The molecule has 96 valence electrons. The molecule has 0 saturated heterocycles. The van der Waals surface area contributed by atoms with Gasteiger partial charge in [0.2, 0.25) is 0 Å². The van der Waals surface area contributed by atoms with Crippen LogP contribution in [0.1, 0.15) is 15.4 Å². The molecule has 0 saturated carbocycles. The van der Waals surface area contributed by atoms with Crippen molar-refractivity contribution in [3.8, 4) is 0 Å². The largest absolute Gasteiger partial charge is 0.435 e. The van der Waals surface area contributed by atoms with Gasteiger partial charge in [0.15, 0.2) is 10.8 Å². The van der Waals surface area contributed by atoms with Crippen molar-refractivity contribution in [3.63, 3.8) is 0 Å². The van der Waals surface area contributed by atoms with Gasteiger partial charge in [-0.2, -0.15) is 13.2 Å². The van der Waals surface area contributed by atoms with E-state index in [1.54, 1.807) is 17.5 Å². The third-order valence-electron chi connectivity index (χ3n) is 1.82. The monoisotopic (exact) mass is 356 g/mol. The van der Waals surface area contributed by atoms with E-state index in [2.05, 4.69) is 26.2 Å². The Hall–Kier alpha value is -0.930. The van der Waals surface area contributed by atoms with Crippen LogP contribution in [0.3, 0.4) is 0 Å². The zero-order valence-electron chi connectivity index (χ0n) is 8.42. The quantitative estimate of drug-likeness (QED) is 0.874. The minimum Gasteiger partial charge on any atom is -0.297 e. The molecular weight excluding hydrogens is 353 g/mol. The first kappa shape index (κ1) is 13.5. The number of hydrogen-bond donors (Lipinski definition) is 1. The molecule has 0 fully saturated rings. The molecule has 0 aliphatic heterocycles. The maximum absolute atomic E-state index is 12.5. The van der Waals surface area contributed by atoms with Gasteiger partial charge in [-0.3, -0.25) is 10.1 Å². The average molecular weight is 357 g/mol. The second kappa shape index (κ2) is 4.98. The number of thiophene rings is 1. The van der Waals surface area contributed by atoms with Crippen LogP contribution in [0.4, 0.5) is 18.3 Å². The number of nitrogens with zero attached hydrogens (tertiary/aromatic N) is 1. The molecule has 0 radical (unpaired) electrons. The van der Waals surface area contributed by atoms with Crippen molar-refractivity contribution in [1.82, 2.24) is 4.98 Å². The van der Waals surface area contributed by atoms with Gasteiger partial charge in [-0.05, 0) is 27.4 Å². The highest BCUT2D eigenvalue weighted by Crippen LogP contribution is 2.39. The second-order valence-corrected chi connectivity index (χ2v) is 6.34. The molecule has 0 atom stereocenters. The van der Waals surface area contributed by atoms with Gasteiger partial charge < -0.3 is 0 Å². The Bertz CT molecular complexity index is 565. The maximum atomic E-state index is 12.5. The predicted octanol–water partition coefficient (Wildman–Crippen LogP) is 4.24. The van der Waals surface area contributed by atoms with Crippen LogP contribution in [0.15, 0.2) is 21.3 Å². The standard InChI is InChI=1S/C9H4BrF3N2OS2/c10-6-5(9(11,12)13)14-8(18-6)15-7(16)4-2-1-3-17-4/h1-3H,(H,14,15,16). The number of alkyl halides is 3. The van der Waals surface area contributed by atoms with E-state index in [-0.39, 0.29) is 8.92 Å². The number of carbonyl (C=O) groups excluding carboxylic acids is 1. The Morgan fingerprint density at radius 1 is 1.44 bits per heavy atom. The molecule has 0 aliphatic rings. The SMILES string of the molecule is O=C(Nc1nc(C(F)(F)F)c(Br)s1)c1cccs1. The first-order chi connectivity index (χ1) is 8.38. The molecule has 3 nitrogen and oxygen atoms in total. The molecule has 2 rings (SSSR count). The number of carbonyl (C=O) groups is 1. The minimum absolute atomic E-state index is 0.0902. The lowest BCUT2D eigenvalue weighted by Gasteiger charge is -2.01. The lowest BCUT2D eigenvalue weighted by atomic mass is 10.4. The van der Waals surface area contributed by atoms with Crippen LogP contribution in [0.2, 0.25) is 0 Å². The number of aromatic nitrogens is 1. The first-order valence-electron chi connectivity index (χ1n) is 4.46. The lowest BCUT2D eigenvalue weighted by molar-refractivity contribution is -0.141. The van der Waals surface area contributed by atoms with Gasteiger partial charge in [-0.1, -0.05) is 17.4 Å². The Morgan fingerprint density at radius 3 is 2.67 bits per heavy atom. The summed E-state index contributed by atoms with van der Waals surface area (Å²) in [6, 6.07) is 3.26.